The van der Waals surface area contributed by atoms with E-state index in [9.17, 15) is 0 Å². The Morgan fingerprint density at radius 1 is 1.11 bits per heavy atom. The fraction of sp³-hybridized carbons (Fsp3) is 0.857. The second-order valence-corrected chi connectivity index (χ2v) is 5.99. The minimum Gasteiger partial charge on any atom is -0.339 e. The van der Waals surface area contributed by atoms with E-state index >= 15 is 0 Å². The highest BCUT2D eigenvalue weighted by molar-refractivity contribution is 5.01. The molecule has 1 N–H and O–H groups in total. The lowest BCUT2D eigenvalue weighted by Gasteiger charge is -2.23. The number of hydrogen-bond acceptors (Lipinski definition) is 4. The van der Waals surface area contributed by atoms with E-state index in [0.717, 1.165) is 30.7 Å². The predicted octanol–water partition coefficient (Wildman–Crippen LogP) is 2.83. The fourth-order valence-electron chi connectivity index (χ4n) is 3.16. The zero-order valence-electron chi connectivity index (χ0n) is 11.2. The Kier molecular flexibility index (Phi) is 3.64. The summed E-state index contributed by atoms with van der Waals surface area (Å²) in [4.78, 5) is 4.66. The molecule has 1 atom stereocenters. The van der Waals surface area contributed by atoms with E-state index in [-0.39, 0.29) is 0 Å². The van der Waals surface area contributed by atoms with E-state index in [0.29, 0.717) is 11.8 Å². The van der Waals surface area contributed by atoms with Crippen molar-refractivity contribution in [1.82, 2.24) is 15.5 Å². The predicted molar refractivity (Wildman–Crippen MR) is 69.5 cm³/mol. The average molecular weight is 249 g/mol. The van der Waals surface area contributed by atoms with Crippen LogP contribution in [0.4, 0.5) is 0 Å². The van der Waals surface area contributed by atoms with Crippen LogP contribution in [0.25, 0.3) is 0 Å². The molecule has 1 aromatic rings. The maximum Gasteiger partial charge on any atom is 0.231 e. The first-order valence-corrected chi connectivity index (χ1v) is 7.37. The highest BCUT2D eigenvalue weighted by Gasteiger charge is 2.26. The molecule has 18 heavy (non-hydrogen) atoms. The summed E-state index contributed by atoms with van der Waals surface area (Å²) in [6.45, 7) is 4.45. The van der Waals surface area contributed by atoms with Crippen molar-refractivity contribution < 1.29 is 4.52 Å². The molecule has 1 saturated carbocycles. The van der Waals surface area contributed by atoms with Crippen LogP contribution in [0.15, 0.2) is 4.52 Å². The quantitative estimate of drug-likeness (QED) is 0.875. The molecule has 1 saturated heterocycles. The van der Waals surface area contributed by atoms with Crippen molar-refractivity contribution in [3.8, 4) is 0 Å². The van der Waals surface area contributed by atoms with Gasteiger partial charge in [-0.3, -0.25) is 0 Å². The van der Waals surface area contributed by atoms with Gasteiger partial charge in [-0.15, -0.1) is 0 Å². The van der Waals surface area contributed by atoms with Gasteiger partial charge in [-0.1, -0.05) is 24.9 Å². The topological polar surface area (TPSA) is 51.0 Å². The van der Waals surface area contributed by atoms with E-state index in [1.165, 1.54) is 38.5 Å². The second-order valence-electron chi connectivity index (χ2n) is 5.99. The van der Waals surface area contributed by atoms with E-state index in [1.807, 2.05) is 0 Å². The van der Waals surface area contributed by atoms with Gasteiger partial charge in [0.15, 0.2) is 5.82 Å². The van der Waals surface area contributed by atoms with Crippen molar-refractivity contribution >= 4 is 0 Å². The monoisotopic (exact) mass is 249 g/mol. The summed E-state index contributed by atoms with van der Waals surface area (Å²) in [5, 5.41) is 7.63. The third-order valence-electron chi connectivity index (χ3n) is 4.48. The van der Waals surface area contributed by atoms with Gasteiger partial charge in [0.2, 0.25) is 5.89 Å². The van der Waals surface area contributed by atoms with Crippen LogP contribution >= 0.6 is 0 Å². The van der Waals surface area contributed by atoms with E-state index < -0.39 is 0 Å². The van der Waals surface area contributed by atoms with Gasteiger partial charge in [-0.2, -0.15) is 4.98 Å². The maximum absolute atomic E-state index is 5.48. The first-order chi connectivity index (χ1) is 8.83. The molecule has 0 aromatic carbocycles. The zero-order chi connectivity index (χ0) is 12.4. The molecule has 2 aliphatic rings. The molecule has 0 unspecified atom stereocenters. The Balaban J connectivity index is 1.65. The summed E-state index contributed by atoms with van der Waals surface area (Å²) < 4.78 is 5.48. The molecule has 0 radical (unpaired) electrons. The van der Waals surface area contributed by atoms with Crippen molar-refractivity contribution in [2.45, 2.75) is 57.3 Å². The van der Waals surface area contributed by atoms with E-state index in [2.05, 4.69) is 22.4 Å². The van der Waals surface area contributed by atoms with Crippen LogP contribution in [0.5, 0.6) is 0 Å². The number of hydrogen-bond donors (Lipinski definition) is 1. The maximum atomic E-state index is 5.48. The molecule has 3 rings (SSSR count). The third-order valence-corrected chi connectivity index (χ3v) is 4.48. The average Bonchev–Trinajstić information content (AvgIpc) is 2.90. The van der Waals surface area contributed by atoms with Gasteiger partial charge >= 0.3 is 0 Å². The van der Waals surface area contributed by atoms with Crippen LogP contribution in [-0.2, 0) is 0 Å². The van der Waals surface area contributed by atoms with Gasteiger partial charge in [0.05, 0.1) is 5.92 Å². The van der Waals surface area contributed by atoms with Crippen LogP contribution in [0.2, 0.25) is 0 Å². The first-order valence-electron chi connectivity index (χ1n) is 7.37. The molecular formula is C14H23N3O. The summed E-state index contributed by atoms with van der Waals surface area (Å²) in [7, 11) is 0. The number of rotatable bonds is 2. The van der Waals surface area contributed by atoms with Crippen LogP contribution in [0, 0.1) is 5.92 Å². The first kappa shape index (κ1) is 12.2. The Morgan fingerprint density at radius 2 is 1.94 bits per heavy atom. The lowest BCUT2D eigenvalue weighted by Crippen LogP contribution is -2.28. The SMILES string of the molecule is CC1CCC(c2noc([C@@H]3CCCNC3)n2)CC1. The molecule has 100 valence electrons. The second kappa shape index (κ2) is 5.39. The fourth-order valence-corrected chi connectivity index (χ4v) is 3.16. The lowest BCUT2D eigenvalue weighted by molar-refractivity contribution is 0.307. The van der Waals surface area contributed by atoms with Crippen molar-refractivity contribution in [2.75, 3.05) is 13.1 Å². The molecule has 1 aromatic heterocycles. The van der Waals surface area contributed by atoms with Gasteiger partial charge in [0.25, 0.3) is 0 Å². The van der Waals surface area contributed by atoms with Crippen LogP contribution in [-0.4, -0.2) is 23.2 Å². The normalized spacial score (nSPS) is 33.5. The Labute approximate surface area is 109 Å². The van der Waals surface area contributed by atoms with Crippen molar-refractivity contribution in [3.63, 3.8) is 0 Å². The summed E-state index contributed by atoms with van der Waals surface area (Å²) in [6, 6.07) is 0. The number of nitrogens with one attached hydrogen (secondary N) is 1. The minimum absolute atomic E-state index is 0.433. The summed E-state index contributed by atoms with van der Waals surface area (Å²) in [5.41, 5.74) is 0. The highest BCUT2D eigenvalue weighted by Crippen LogP contribution is 2.34. The van der Waals surface area contributed by atoms with Crippen LogP contribution in [0.3, 0.4) is 0 Å². The van der Waals surface area contributed by atoms with E-state index in [4.69, 9.17) is 4.52 Å². The van der Waals surface area contributed by atoms with Crippen LogP contribution < -0.4 is 5.32 Å². The van der Waals surface area contributed by atoms with Crippen molar-refractivity contribution in [1.29, 1.82) is 0 Å². The highest BCUT2D eigenvalue weighted by atomic mass is 16.5. The molecule has 4 heteroatoms. The standard InChI is InChI=1S/C14H23N3O/c1-10-4-6-11(7-5-10)13-16-14(18-17-13)12-3-2-8-15-9-12/h10-12,15H,2-9H2,1H3/t10?,11?,12-/m1/s1. The van der Waals surface area contributed by atoms with Gasteiger partial charge in [0, 0.05) is 12.5 Å². The molecule has 2 heterocycles. The number of nitrogens with zero attached hydrogens (tertiary/aromatic N) is 2. The Hall–Kier alpha value is -0.900. The minimum atomic E-state index is 0.433. The van der Waals surface area contributed by atoms with Gasteiger partial charge in [0.1, 0.15) is 0 Å². The smallest absolute Gasteiger partial charge is 0.231 e. The number of aromatic nitrogens is 2. The summed E-state index contributed by atoms with van der Waals surface area (Å²) >= 11 is 0. The third kappa shape index (κ3) is 2.58. The van der Waals surface area contributed by atoms with E-state index in [1.54, 1.807) is 0 Å². The van der Waals surface area contributed by atoms with Gasteiger partial charge in [-0.25, -0.2) is 0 Å². The Morgan fingerprint density at radius 3 is 2.67 bits per heavy atom. The van der Waals surface area contributed by atoms with Gasteiger partial charge in [-0.05, 0) is 38.1 Å². The molecular weight excluding hydrogens is 226 g/mol. The summed E-state index contributed by atoms with van der Waals surface area (Å²) in [5.74, 6) is 3.66. The van der Waals surface area contributed by atoms with Gasteiger partial charge < -0.3 is 9.84 Å². The molecule has 2 fully saturated rings. The van der Waals surface area contributed by atoms with Crippen molar-refractivity contribution in [2.24, 2.45) is 5.92 Å². The summed E-state index contributed by atoms with van der Waals surface area (Å²) in [6.07, 6.45) is 7.45. The lowest BCUT2D eigenvalue weighted by atomic mass is 9.83. The Bertz CT molecular complexity index is 376. The largest absolute Gasteiger partial charge is 0.339 e. The molecule has 0 spiro atoms. The molecule has 0 bridgehead atoms. The van der Waals surface area contributed by atoms with Crippen molar-refractivity contribution in [3.05, 3.63) is 11.7 Å². The zero-order valence-corrected chi connectivity index (χ0v) is 11.2. The van der Waals surface area contributed by atoms with Crippen LogP contribution in [0.1, 0.15) is 69.0 Å². The molecule has 1 aliphatic heterocycles. The molecule has 0 amide bonds. The number of piperidine rings is 1. The molecule has 4 nitrogen and oxygen atoms in total. The molecule has 1 aliphatic carbocycles.